The number of imidazole rings is 1. The van der Waals surface area contributed by atoms with Crippen molar-refractivity contribution < 1.29 is 14.7 Å². The number of aryl methyl sites for hydroxylation is 1. The lowest BCUT2D eigenvalue weighted by atomic mass is 10.2. The molecule has 104 valence electrons. The number of hydrogen-bond donors (Lipinski definition) is 2. The first-order valence-corrected chi connectivity index (χ1v) is 6.33. The molecule has 7 heteroatoms. The zero-order valence-electron chi connectivity index (χ0n) is 10.9. The molecule has 1 atom stereocenters. The maximum atomic E-state index is 11.9. The van der Waals surface area contributed by atoms with Crippen LogP contribution in [0.4, 0.5) is 4.79 Å². The van der Waals surface area contributed by atoms with E-state index in [9.17, 15) is 9.59 Å². The molecule has 0 aliphatic carbocycles. The second-order valence-electron chi connectivity index (χ2n) is 4.63. The SMILES string of the molecule is Cn1ccnc1CCNC(=O)N1CCC[C@@H]1C(=O)O. The molecule has 2 amide bonds. The molecular formula is C12H18N4O3. The fraction of sp³-hybridized carbons (Fsp3) is 0.583. The van der Waals surface area contributed by atoms with Crippen LogP contribution in [-0.2, 0) is 18.3 Å². The highest BCUT2D eigenvalue weighted by molar-refractivity contribution is 5.83. The minimum Gasteiger partial charge on any atom is -0.480 e. The van der Waals surface area contributed by atoms with Crippen LogP contribution in [0, 0.1) is 0 Å². The van der Waals surface area contributed by atoms with Gasteiger partial charge in [-0.1, -0.05) is 0 Å². The van der Waals surface area contributed by atoms with Gasteiger partial charge in [-0.05, 0) is 12.8 Å². The molecule has 19 heavy (non-hydrogen) atoms. The molecule has 0 unspecified atom stereocenters. The Labute approximate surface area is 111 Å². The van der Waals surface area contributed by atoms with Crippen LogP contribution in [0.15, 0.2) is 12.4 Å². The number of aliphatic carboxylic acids is 1. The number of urea groups is 1. The van der Waals surface area contributed by atoms with Gasteiger partial charge in [0.25, 0.3) is 0 Å². The van der Waals surface area contributed by atoms with Gasteiger partial charge in [0.05, 0.1) is 0 Å². The van der Waals surface area contributed by atoms with E-state index in [-0.39, 0.29) is 6.03 Å². The predicted molar refractivity (Wildman–Crippen MR) is 67.7 cm³/mol. The summed E-state index contributed by atoms with van der Waals surface area (Å²) in [6.45, 7) is 0.956. The van der Waals surface area contributed by atoms with Crippen LogP contribution in [-0.4, -0.2) is 50.7 Å². The van der Waals surface area contributed by atoms with Crippen molar-refractivity contribution in [3.8, 4) is 0 Å². The summed E-state index contributed by atoms with van der Waals surface area (Å²) >= 11 is 0. The molecule has 0 radical (unpaired) electrons. The topological polar surface area (TPSA) is 87.5 Å². The van der Waals surface area contributed by atoms with Gasteiger partial charge < -0.3 is 19.9 Å². The Bertz CT molecular complexity index is 471. The fourth-order valence-electron chi connectivity index (χ4n) is 2.29. The number of carbonyl (C=O) groups is 2. The van der Waals surface area contributed by atoms with Crippen molar-refractivity contribution in [3.05, 3.63) is 18.2 Å². The third kappa shape index (κ3) is 3.04. The number of hydrogen-bond acceptors (Lipinski definition) is 3. The molecular weight excluding hydrogens is 248 g/mol. The highest BCUT2D eigenvalue weighted by atomic mass is 16.4. The van der Waals surface area contributed by atoms with Crippen molar-refractivity contribution >= 4 is 12.0 Å². The van der Waals surface area contributed by atoms with Crippen molar-refractivity contribution in [2.24, 2.45) is 7.05 Å². The average Bonchev–Trinajstić information content (AvgIpc) is 2.98. The van der Waals surface area contributed by atoms with Crippen LogP contribution in [0.25, 0.3) is 0 Å². The lowest BCUT2D eigenvalue weighted by Gasteiger charge is -2.21. The first-order valence-electron chi connectivity index (χ1n) is 6.33. The zero-order valence-corrected chi connectivity index (χ0v) is 10.9. The summed E-state index contributed by atoms with van der Waals surface area (Å²) in [5, 5.41) is 11.8. The predicted octanol–water partition coefficient (Wildman–Crippen LogP) is 0.221. The standard InChI is InChI=1S/C12H18N4O3/c1-15-8-6-13-10(15)4-5-14-12(19)16-7-2-3-9(16)11(17)18/h6,8-9H,2-5,7H2,1H3,(H,14,19)(H,17,18)/t9-/m1/s1. The van der Waals surface area contributed by atoms with Gasteiger partial charge in [0.15, 0.2) is 0 Å². The molecule has 0 spiro atoms. The van der Waals surface area contributed by atoms with Crippen molar-refractivity contribution in [3.63, 3.8) is 0 Å². The Morgan fingerprint density at radius 1 is 1.58 bits per heavy atom. The van der Waals surface area contributed by atoms with Crippen molar-refractivity contribution in [1.82, 2.24) is 19.8 Å². The van der Waals surface area contributed by atoms with E-state index in [1.54, 1.807) is 6.20 Å². The fourth-order valence-corrected chi connectivity index (χ4v) is 2.29. The van der Waals surface area contributed by atoms with Crippen LogP contribution in [0.1, 0.15) is 18.7 Å². The second-order valence-corrected chi connectivity index (χ2v) is 4.63. The molecule has 2 N–H and O–H groups in total. The Hall–Kier alpha value is -2.05. The molecule has 1 aromatic heterocycles. The molecule has 0 saturated carbocycles. The van der Waals surface area contributed by atoms with E-state index >= 15 is 0 Å². The summed E-state index contributed by atoms with van der Waals surface area (Å²) in [4.78, 5) is 28.4. The Kier molecular flexibility index (Phi) is 4.03. The number of nitrogens with zero attached hydrogens (tertiary/aromatic N) is 3. The summed E-state index contributed by atoms with van der Waals surface area (Å²) in [6, 6.07) is -0.993. The smallest absolute Gasteiger partial charge is 0.326 e. The first-order chi connectivity index (χ1) is 9.09. The normalized spacial score (nSPS) is 18.6. The summed E-state index contributed by atoms with van der Waals surface area (Å²) in [7, 11) is 1.89. The van der Waals surface area contributed by atoms with Crippen molar-refractivity contribution in [2.45, 2.75) is 25.3 Å². The van der Waals surface area contributed by atoms with Gasteiger partial charge in [-0.15, -0.1) is 0 Å². The lowest BCUT2D eigenvalue weighted by molar-refractivity contribution is -0.141. The van der Waals surface area contributed by atoms with Gasteiger partial charge in [-0.3, -0.25) is 0 Å². The van der Waals surface area contributed by atoms with E-state index < -0.39 is 12.0 Å². The van der Waals surface area contributed by atoms with Crippen LogP contribution in [0.3, 0.4) is 0 Å². The Balaban J connectivity index is 1.81. The molecule has 0 aromatic carbocycles. The van der Waals surface area contributed by atoms with Gasteiger partial charge in [0.2, 0.25) is 0 Å². The third-order valence-corrected chi connectivity index (χ3v) is 3.34. The number of nitrogens with one attached hydrogen (secondary N) is 1. The summed E-state index contributed by atoms with van der Waals surface area (Å²) < 4.78 is 1.89. The van der Waals surface area contributed by atoms with E-state index in [0.717, 1.165) is 12.2 Å². The van der Waals surface area contributed by atoms with Crippen molar-refractivity contribution in [2.75, 3.05) is 13.1 Å². The minimum atomic E-state index is -0.934. The second kappa shape index (κ2) is 5.73. The molecule has 1 saturated heterocycles. The summed E-state index contributed by atoms with van der Waals surface area (Å²) in [5.74, 6) is -0.0479. The van der Waals surface area contributed by atoms with E-state index in [4.69, 9.17) is 5.11 Å². The number of aromatic nitrogens is 2. The van der Waals surface area contributed by atoms with Gasteiger partial charge in [0.1, 0.15) is 11.9 Å². The van der Waals surface area contributed by atoms with Crippen LogP contribution < -0.4 is 5.32 Å². The molecule has 1 aromatic rings. The minimum absolute atomic E-state index is 0.306. The third-order valence-electron chi connectivity index (χ3n) is 3.34. The van der Waals surface area contributed by atoms with E-state index in [2.05, 4.69) is 10.3 Å². The van der Waals surface area contributed by atoms with Crippen LogP contribution >= 0.6 is 0 Å². The molecule has 1 fully saturated rings. The van der Waals surface area contributed by atoms with E-state index in [0.29, 0.717) is 25.9 Å². The summed E-state index contributed by atoms with van der Waals surface area (Å²) in [5.41, 5.74) is 0. The monoisotopic (exact) mass is 266 g/mol. The molecule has 0 bridgehead atoms. The molecule has 1 aliphatic heterocycles. The first kappa shape index (κ1) is 13.4. The number of amides is 2. The zero-order chi connectivity index (χ0) is 13.8. The number of carboxylic acids is 1. The number of carboxylic acid groups (broad SMARTS) is 1. The van der Waals surface area contributed by atoms with Gasteiger partial charge in [-0.2, -0.15) is 0 Å². The van der Waals surface area contributed by atoms with Crippen LogP contribution in [0.5, 0.6) is 0 Å². The molecule has 7 nitrogen and oxygen atoms in total. The largest absolute Gasteiger partial charge is 0.480 e. The summed E-state index contributed by atoms with van der Waals surface area (Å²) in [6.07, 6.45) is 5.45. The lowest BCUT2D eigenvalue weighted by Crippen LogP contribution is -2.46. The molecule has 2 rings (SSSR count). The van der Waals surface area contributed by atoms with Gasteiger partial charge in [-0.25, -0.2) is 14.6 Å². The molecule has 1 aliphatic rings. The maximum Gasteiger partial charge on any atom is 0.326 e. The number of carbonyl (C=O) groups excluding carboxylic acids is 1. The van der Waals surface area contributed by atoms with E-state index in [1.165, 1.54) is 4.90 Å². The van der Waals surface area contributed by atoms with Crippen molar-refractivity contribution in [1.29, 1.82) is 0 Å². The Morgan fingerprint density at radius 3 is 3.00 bits per heavy atom. The highest BCUT2D eigenvalue weighted by Crippen LogP contribution is 2.17. The maximum absolute atomic E-state index is 11.9. The highest BCUT2D eigenvalue weighted by Gasteiger charge is 2.33. The molecule has 2 heterocycles. The van der Waals surface area contributed by atoms with Gasteiger partial charge >= 0.3 is 12.0 Å². The average molecular weight is 266 g/mol. The van der Waals surface area contributed by atoms with E-state index in [1.807, 2.05) is 17.8 Å². The number of rotatable bonds is 4. The van der Waals surface area contributed by atoms with Crippen LogP contribution in [0.2, 0.25) is 0 Å². The number of likely N-dealkylation sites (tertiary alicyclic amines) is 1. The van der Waals surface area contributed by atoms with Gasteiger partial charge in [0, 0.05) is 39.0 Å². The Morgan fingerprint density at radius 2 is 2.37 bits per heavy atom. The quantitative estimate of drug-likeness (QED) is 0.816.